The number of benzene rings is 1. The van der Waals surface area contributed by atoms with Crippen molar-refractivity contribution in [1.82, 2.24) is 15.1 Å². The molecule has 2 rings (SSSR count). The van der Waals surface area contributed by atoms with Crippen LogP contribution in [-0.2, 0) is 11.3 Å². The van der Waals surface area contributed by atoms with Gasteiger partial charge >= 0.3 is 0 Å². The number of amides is 1. The predicted molar refractivity (Wildman–Crippen MR) is 78.3 cm³/mol. The molecular weight excluding hydrogens is 252 g/mol. The molecule has 1 heterocycles. The van der Waals surface area contributed by atoms with E-state index in [0.717, 1.165) is 17.7 Å². The molecule has 20 heavy (non-hydrogen) atoms. The van der Waals surface area contributed by atoms with Gasteiger partial charge in [-0.2, -0.15) is 5.10 Å². The van der Waals surface area contributed by atoms with Gasteiger partial charge in [0.25, 0.3) is 0 Å². The van der Waals surface area contributed by atoms with Crippen molar-refractivity contribution < 1.29 is 4.79 Å². The summed E-state index contributed by atoms with van der Waals surface area (Å²) in [5, 5.41) is 7.10. The molecular formula is C15H20N4O. The van der Waals surface area contributed by atoms with Gasteiger partial charge < -0.3 is 11.1 Å². The van der Waals surface area contributed by atoms with Crippen molar-refractivity contribution in [1.29, 1.82) is 0 Å². The molecule has 2 aromatic rings. The fourth-order valence-electron chi connectivity index (χ4n) is 2.05. The summed E-state index contributed by atoms with van der Waals surface area (Å²) < 4.78 is 1.79. The number of nitrogens with two attached hydrogens (primary N) is 1. The second kappa shape index (κ2) is 6.86. The van der Waals surface area contributed by atoms with Gasteiger partial charge in [0.1, 0.15) is 0 Å². The van der Waals surface area contributed by atoms with Gasteiger partial charge in [0.05, 0.1) is 11.7 Å². The Balaban J connectivity index is 2.05. The number of nitrogens with zero attached hydrogens (tertiary/aromatic N) is 2. The summed E-state index contributed by atoms with van der Waals surface area (Å²) in [7, 11) is 0. The molecule has 1 amide bonds. The number of rotatable bonds is 6. The topological polar surface area (TPSA) is 72.9 Å². The molecule has 0 fully saturated rings. The minimum Gasteiger partial charge on any atom is -0.351 e. The highest BCUT2D eigenvalue weighted by Crippen LogP contribution is 2.13. The lowest BCUT2D eigenvalue weighted by molar-refractivity contribution is -0.122. The van der Waals surface area contributed by atoms with Crippen molar-refractivity contribution in [2.45, 2.75) is 32.4 Å². The van der Waals surface area contributed by atoms with Crippen LogP contribution in [0.1, 0.15) is 25.3 Å². The summed E-state index contributed by atoms with van der Waals surface area (Å²) in [5.74, 6) is -0.109. The molecule has 0 saturated heterocycles. The van der Waals surface area contributed by atoms with Crippen molar-refractivity contribution in [3.8, 4) is 5.69 Å². The maximum atomic E-state index is 11.8. The van der Waals surface area contributed by atoms with E-state index in [1.165, 1.54) is 0 Å². The molecule has 1 unspecified atom stereocenters. The van der Waals surface area contributed by atoms with E-state index in [2.05, 4.69) is 10.4 Å². The van der Waals surface area contributed by atoms with Gasteiger partial charge in [-0.05, 0) is 24.1 Å². The zero-order valence-electron chi connectivity index (χ0n) is 11.6. The van der Waals surface area contributed by atoms with Gasteiger partial charge in [0.15, 0.2) is 0 Å². The Labute approximate surface area is 118 Å². The monoisotopic (exact) mass is 272 g/mol. The minimum absolute atomic E-state index is 0.109. The Kier molecular flexibility index (Phi) is 4.90. The smallest absolute Gasteiger partial charge is 0.237 e. The van der Waals surface area contributed by atoms with Crippen LogP contribution < -0.4 is 11.1 Å². The first-order valence-corrected chi connectivity index (χ1v) is 6.83. The second-order valence-corrected chi connectivity index (χ2v) is 4.69. The molecule has 0 saturated carbocycles. The van der Waals surface area contributed by atoms with Crippen LogP contribution >= 0.6 is 0 Å². The minimum atomic E-state index is -0.433. The molecule has 106 valence electrons. The summed E-state index contributed by atoms with van der Waals surface area (Å²) in [5.41, 5.74) is 7.76. The van der Waals surface area contributed by atoms with Gasteiger partial charge in [-0.1, -0.05) is 31.5 Å². The summed E-state index contributed by atoms with van der Waals surface area (Å²) >= 11 is 0. The summed E-state index contributed by atoms with van der Waals surface area (Å²) in [6.07, 6.45) is 5.21. The SMILES string of the molecule is CCCC(N)C(=O)NCc1ccccc1-n1cccn1. The third-order valence-electron chi connectivity index (χ3n) is 3.13. The first kappa shape index (κ1) is 14.3. The average molecular weight is 272 g/mol. The fourth-order valence-corrected chi connectivity index (χ4v) is 2.05. The maximum Gasteiger partial charge on any atom is 0.237 e. The lowest BCUT2D eigenvalue weighted by Gasteiger charge is -2.13. The number of hydrogen-bond acceptors (Lipinski definition) is 3. The molecule has 0 aliphatic heterocycles. The van der Waals surface area contributed by atoms with Crippen LogP contribution in [-0.4, -0.2) is 21.7 Å². The first-order valence-electron chi connectivity index (χ1n) is 6.83. The van der Waals surface area contributed by atoms with E-state index in [4.69, 9.17) is 5.73 Å². The van der Waals surface area contributed by atoms with Crippen molar-refractivity contribution in [2.75, 3.05) is 0 Å². The summed E-state index contributed by atoms with van der Waals surface area (Å²) in [6.45, 7) is 2.46. The van der Waals surface area contributed by atoms with Crippen molar-refractivity contribution in [2.24, 2.45) is 5.73 Å². The van der Waals surface area contributed by atoms with Crippen LogP contribution in [0.4, 0.5) is 0 Å². The largest absolute Gasteiger partial charge is 0.351 e. The highest BCUT2D eigenvalue weighted by molar-refractivity contribution is 5.81. The molecule has 1 aromatic carbocycles. The van der Waals surface area contributed by atoms with Gasteiger partial charge in [0.2, 0.25) is 5.91 Å². The van der Waals surface area contributed by atoms with E-state index in [1.54, 1.807) is 10.9 Å². The van der Waals surface area contributed by atoms with Crippen LogP contribution in [0, 0.1) is 0 Å². The zero-order valence-corrected chi connectivity index (χ0v) is 11.6. The number of para-hydroxylation sites is 1. The third kappa shape index (κ3) is 3.45. The number of carbonyl (C=O) groups excluding carboxylic acids is 1. The third-order valence-corrected chi connectivity index (χ3v) is 3.13. The Morgan fingerprint density at radius 3 is 2.90 bits per heavy atom. The predicted octanol–water partition coefficient (Wildman–Crippen LogP) is 1.62. The quantitative estimate of drug-likeness (QED) is 0.839. The van der Waals surface area contributed by atoms with Gasteiger partial charge in [-0.3, -0.25) is 4.79 Å². The zero-order chi connectivity index (χ0) is 14.4. The molecule has 5 nitrogen and oxygen atoms in total. The van der Waals surface area contributed by atoms with E-state index < -0.39 is 6.04 Å². The van der Waals surface area contributed by atoms with Crippen LogP contribution in [0.3, 0.4) is 0 Å². The van der Waals surface area contributed by atoms with Crippen LogP contribution in [0.25, 0.3) is 5.69 Å². The molecule has 0 bridgehead atoms. The average Bonchev–Trinajstić information content (AvgIpc) is 2.99. The number of carbonyl (C=O) groups is 1. The van der Waals surface area contributed by atoms with Crippen molar-refractivity contribution in [3.05, 3.63) is 48.3 Å². The first-order chi connectivity index (χ1) is 9.72. The highest BCUT2D eigenvalue weighted by atomic mass is 16.2. The molecule has 0 aliphatic rings. The number of hydrogen-bond donors (Lipinski definition) is 2. The summed E-state index contributed by atoms with van der Waals surface area (Å²) in [4.78, 5) is 11.8. The van der Waals surface area contributed by atoms with Crippen molar-refractivity contribution >= 4 is 5.91 Å². The molecule has 1 aromatic heterocycles. The Morgan fingerprint density at radius 1 is 1.40 bits per heavy atom. The van der Waals surface area contributed by atoms with Crippen LogP contribution in [0.15, 0.2) is 42.7 Å². The fraction of sp³-hybridized carbons (Fsp3) is 0.333. The standard InChI is InChI=1S/C15H20N4O/c1-2-6-13(16)15(20)17-11-12-7-3-4-8-14(12)19-10-5-9-18-19/h3-5,7-10,13H,2,6,11,16H2,1H3,(H,17,20). The Bertz CT molecular complexity index is 551. The Morgan fingerprint density at radius 2 is 2.20 bits per heavy atom. The molecule has 0 aliphatic carbocycles. The van der Waals surface area contributed by atoms with Crippen molar-refractivity contribution in [3.63, 3.8) is 0 Å². The van der Waals surface area contributed by atoms with Crippen LogP contribution in [0.5, 0.6) is 0 Å². The maximum absolute atomic E-state index is 11.8. The van der Waals surface area contributed by atoms with Gasteiger partial charge in [-0.15, -0.1) is 0 Å². The van der Waals surface area contributed by atoms with E-state index in [0.29, 0.717) is 13.0 Å². The molecule has 0 spiro atoms. The molecule has 0 radical (unpaired) electrons. The molecule has 5 heteroatoms. The molecule has 1 atom stereocenters. The Hall–Kier alpha value is -2.14. The highest BCUT2D eigenvalue weighted by Gasteiger charge is 2.12. The van der Waals surface area contributed by atoms with Crippen LogP contribution in [0.2, 0.25) is 0 Å². The van der Waals surface area contributed by atoms with E-state index in [9.17, 15) is 4.79 Å². The second-order valence-electron chi connectivity index (χ2n) is 4.69. The van der Waals surface area contributed by atoms with E-state index in [1.807, 2.05) is 43.5 Å². The lowest BCUT2D eigenvalue weighted by Crippen LogP contribution is -2.40. The normalized spacial score (nSPS) is 12.1. The molecule has 3 N–H and O–H groups in total. The number of aromatic nitrogens is 2. The van der Waals surface area contributed by atoms with Gasteiger partial charge in [-0.25, -0.2) is 4.68 Å². The van der Waals surface area contributed by atoms with Gasteiger partial charge in [0, 0.05) is 18.9 Å². The van der Waals surface area contributed by atoms with E-state index >= 15 is 0 Å². The van der Waals surface area contributed by atoms with E-state index in [-0.39, 0.29) is 5.91 Å². The summed E-state index contributed by atoms with van der Waals surface area (Å²) in [6, 6.07) is 9.28. The lowest BCUT2D eigenvalue weighted by atomic mass is 10.1. The number of nitrogens with one attached hydrogen (secondary N) is 1.